The van der Waals surface area contributed by atoms with Crippen molar-refractivity contribution in [2.75, 3.05) is 0 Å². The zero-order valence-electron chi connectivity index (χ0n) is 25.0. The Hall–Kier alpha value is -2.92. The van der Waals surface area contributed by atoms with E-state index in [1.807, 2.05) is 18.2 Å². The van der Waals surface area contributed by atoms with Crippen molar-refractivity contribution in [1.29, 1.82) is 0 Å². The number of benzene rings is 6. The number of hydrogen-bond acceptors (Lipinski definition) is 0. The molecule has 4 heteroatoms. The topological polar surface area (TPSA) is 0 Å². The second kappa shape index (κ2) is 15.4. The van der Waals surface area contributed by atoms with Gasteiger partial charge in [-0.25, -0.2) is 0 Å². The average Bonchev–Trinajstić information content (AvgIpc) is 3.11. The molecule has 44 heavy (non-hydrogen) atoms. The van der Waals surface area contributed by atoms with E-state index in [-0.39, 0.29) is 22.4 Å². The molecule has 0 heterocycles. The Kier molecular flexibility index (Phi) is 11.9. The largest absolute Gasteiger partial charge is 1.00 e. The van der Waals surface area contributed by atoms with Crippen LogP contribution in [0.5, 0.6) is 0 Å². The molecule has 0 nitrogen and oxygen atoms in total. The molecule has 0 unspecified atom stereocenters. The van der Waals surface area contributed by atoms with E-state index in [2.05, 4.69) is 190 Å². The zero-order chi connectivity index (χ0) is 30.0. The Morgan fingerprint density at radius 2 is 0.682 bits per heavy atom. The van der Waals surface area contributed by atoms with Gasteiger partial charge in [-0.1, -0.05) is 96.8 Å². The van der Waals surface area contributed by atoms with Gasteiger partial charge in [0.1, 0.15) is 0 Å². The molecule has 0 aliphatic carbocycles. The Bertz CT molecular complexity index is 1560. The Labute approximate surface area is 284 Å². The predicted molar refractivity (Wildman–Crippen MR) is 198 cm³/mol. The zero-order valence-corrected chi connectivity index (χ0v) is 29.1. The molecule has 0 N–H and O–H groups in total. The minimum atomic E-state index is -3.05. The molecule has 0 bridgehead atoms. The van der Waals surface area contributed by atoms with Crippen LogP contribution in [0.25, 0.3) is 0 Å². The van der Waals surface area contributed by atoms with Crippen LogP contribution in [0.1, 0.15) is 13.8 Å². The molecule has 6 rings (SSSR count). The van der Waals surface area contributed by atoms with Gasteiger partial charge < -0.3 is 0 Å². The minimum absolute atomic E-state index is 0. The van der Waals surface area contributed by atoms with Gasteiger partial charge in [0, 0.05) is 0 Å². The van der Waals surface area contributed by atoms with Crippen LogP contribution in [0.2, 0.25) is 0 Å². The Morgan fingerprint density at radius 1 is 0.455 bits per heavy atom. The van der Waals surface area contributed by atoms with Crippen LogP contribution in [0.3, 0.4) is 0 Å². The van der Waals surface area contributed by atoms with Gasteiger partial charge in [-0.3, -0.25) is 0 Å². The van der Waals surface area contributed by atoms with Crippen LogP contribution in [0, 0.1) is 6.16 Å². The third-order valence-electron chi connectivity index (χ3n) is 8.15. The van der Waals surface area contributed by atoms with Crippen molar-refractivity contribution in [3.05, 3.63) is 188 Å². The standard InChI is InChI=1S/C20H19ClP.C20H19P.Ag/c1-2-22(21,18-12-6-3-7-13-18,19-14-8-4-9-15-19)20-16-10-5-11-17-20;1-2-21(18-12-6-3-7-13-18,19-14-8-4-9-15-19)20-16-10-5-11-17-20;/h2-17H,1H3;2-17H,1H3;/q-1;;+1. The van der Waals surface area contributed by atoms with Crippen LogP contribution in [-0.4, -0.2) is 5.80 Å². The molecule has 0 aromatic heterocycles. The van der Waals surface area contributed by atoms with Crippen molar-refractivity contribution in [1.82, 2.24) is 0 Å². The fourth-order valence-corrected chi connectivity index (χ4v) is 14.7. The number of hydrogen-bond donors (Lipinski definition) is 0. The van der Waals surface area contributed by atoms with Crippen LogP contribution >= 0.6 is 24.1 Å². The fourth-order valence-electron chi connectivity index (χ4n) is 5.94. The summed E-state index contributed by atoms with van der Waals surface area (Å²) >= 11 is 7.63. The van der Waals surface area contributed by atoms with Crippen LogP contribution in [0.15, 0.2) is 182 Å². The van der Waals surface area contributed by atoms with Crippen LogP contribution in [0.4, 0.5) is 0 Å². The molecule has 0 saturated carbocycles. The van der Waals surface area contributed by atoms with Crippen molar-refractivity contribution in [2.24, 2.45) is 0 Å². The van der Waals surface area contributed by atoms with E-state index in [4.69, 9.17) is 11.2 Å². The van der Waals surface area contributed by atoms with Crippen molar-refractivity contribution in [3.8, 4) is 0 Å². The molecule has 0 aliphatic rings. The van der Waals surface area contributed by atoms with E-state index in [1.165, 1.54) is 31.8 Å². The summed E-state index contributed by atoms with van der Waals surface area (Å²) in [5.41, 5.74) is 0. The van der Waals surface area contributed by atoms with Gasteiger partial charge in [-0.15, -0.1) is 0 Å². The average molecular weight is 724 g/mol. The maximum absolute atomic E-state index is 7.63. The summed E-state index contributed by atoms with van der Waals surface area (Å²) in [4.78, 5) is 0. The molecule has 0 radical (unpaired) electrons. The second-order valence-electron chi connectivity index (χ2n) is 10.3. The SMILES string of the molecule is CC=P(c1ccccc1)(c1ccccc1)c1ccccc1.C[CH-]P(Cl)(c1ccccc1)(c1ccccc1)c1ccccc1.[Ag+]. The van der Waals surface area contributed by atoms with Crippen LogP contribution in [-0.2, 0) is 22.4 Å². The molecular formula is C40H38AgClP2. The van der Waals surface area contributed by atoms with Gasteiger partial charge in [-0.2, -0.15) is 0 Å². The van der Waals surface area contributed by atoms with Crippen molar-refractivity contribution in [3.63, 3.8) is 0 Å². The van der Waals surface area contributed by atoms with Crippen molar-refractivity contribution in [2.45, 2.75) is 13.8 Å². The number of rotatable bonds is 7. The molecule has 6 aromatic carbocycles. The van der Waals surface area contributed by atoms with E-state index in [9.17, 15) is 0 Å². The third kappa shape index (κ3) is 6.40. The smallest absolute Gasteiger partial charge is 1.00 e. The van der Waals surface area contributed by atoms with Gasteiger partial charge in [-0.05, 0) is 29.7 Å². The first-order valence-corrected chi connectivity index (χ1v) is 19.7. The van der Waals surface area contributed by atoms with E-state index in [0.29, 0.717) is 0 Å². The van der Waals surface area contributed by atoms with Gasteiger partial charge in [0.05, 0.1) is 0 Å². The quantitative estimate of drug-likeness (QED) is 0.0880. The van der Waals surface area contributed by atoms with Crippen LogP contribution < -0.4 is 31.8 Å². The summed E-state index contributed by atoms with van der Waals surface area (Å²) in [5, 5.41) is 7.75. The number of halogens is 1. The maximum Gasteiger partial charge on any atom is 1.00 e. The summed E-state index contributed by atoms with van der Waals surface area (Å²) in [6, 6.07) is 64.0. The maximum atomic E-state index is 7.63. The monoisotopic (exact) mass is 722 g/mol. The first kappa shape index (κ1) is 34.0. The molecule has 6 aromatic rings. The normalized spacial score (nSPS) is 11.9. The molecule has 0 amide bonds. The fraction of sp³-hybridized carbons (Fsp3) is 0.0500. The molecular weight excluding hydrogens is 686 g/mol. The molecule has 0 atom stereocenters. The second-order valence-corrected chi connectivity index (χ2v) is 20.2. The molecule has 0 fully saturated rings. The van der Waals surface area contributed by atoms with E-state index in [0.717, 1.165) is 0 Å². The molecule has 0 saturated heterocycles. The summed E-state index contributed by atoms with van der Waals surface area (Å²) in [6.07, 6.45) is 2.22. The summed E-state index contributed by atoms with van der Waals surface area (Å²) in [5.74, 6) is -0.643. The summed E-state index contributed by atoms with van der Waals surface area (Å²) in [6.45, 7) is 2.62. The van der Waals surface area contributed by atoms with Gasteiger partial charge >= 0.3 is 160 Å². The van der Waals surface area contributed by atoms with Crippen molar-refractivity contribution >= 4 is 61.7 Å². The Balaban J connectivity index is 0.000000197. The minimum Gasteiger partial charge on any atom is 1.00 e. The summed E-state index contributed by atoms with van der Waals surface area (Å²) < 4.78 is 0. The molecule has 226 valence electrons. The summed E-state index contributed by atoms with van der Waals surface area (Å²) in [7, 11) is 0. The van der Waals surface area contributed by atoms with E-state index < -0.39 is 12.8 Å². The van der Waals surface area contributed by atoms with Gasteiger partial charge in [0.25, 0.3) is 0 Å². The van der Waals surface area contributed by atoms with Crippen molar-refractivity contribution < 1.29 is 22.4 Å². The predicted octanol–water partition coefficient (Wildman–Crippen LogP) is 8.65. The first-order chi connectivity index (χ1) is 21.1. The molecule has 0 aliphatic heterocycles. The van der Waals surface area contributed by atoms with E-state index >= 15 is 0 Å². The molecule has 0 spiro atoms. The van der Waals surface area contributed by atoms with E-state index in [1.54, 1.807) is 0 Å². The van der Waals surface area contributed by atoms with Gasteiger partial charge in [0.15, 0.2) is 0 Å². The first-order valence-electron chi connectivity index (χ1n) is 14.6. The Morgan fingerprint density at radius 3 is 0.886 bits per heavy atom. The van der Waals surface area contributed by atoms with Gasteiger partial charge in [0.2, 0.25) is 0 Å². The third-order valence-corrected chi connectivity index (χ3v) is 19.5.